The monoisotopic (exact) mass is 400 g/mol. The van der Waals surface area contributed by atoms with Crippen LogP contribution in [0.25, 0.3) is 22.3 Å². The minimum absolute atomic E-state index is 0.0711. The van der Waals surface area contributed by atoms with Gasteiger partial charge in [-0.3, -0.25) is 4.79 Å². The SMILES string of the molecule is Cc1cccc(NC(=O)Cc2cccc(-c3nn(C(C)C)c4ncnc(N)c34)c2)c1. The molecule has 0 fully saturated rings. The largest absolute Gasteiger partial charge is 0.383 e. The fraction of sp³-hybridized carbons (Fsp3) is 0.217. The van der Waals surface area contributed by atoms with Crippen molar-refractivity contribution >= 4 is 28.4 Å². The van der Waals surface area contributed by atoms with E-state index in [4.69, 9.17) is 10.8 Å². The summed E-state index contributed by atoms with van der Waals surface area (Å²) in [5, 5.41) is 8.43. The van der Waals surface area contributed by atoms with Gasteiger partial charge in [-0.1, -0.05) is 30.3 Å². The number of rotatable bonds is 5. The number of aromatic nitrogens is 4. The van der Waals surface area contributed by atoms with Gasteiger partial charge in [0.2, 0.25) is 5.91 Å². The molecule has 0 bridgehead atoms. The van der Waals surface area contributed by atoms with Crippen molar-refractivity contribution in [3.8, 4) is 11.3 Å². The van der Waals surface area contributed by atoms with Gasteiger partial charge in [-0.15, -0.1) is 0 Å². The lowest BCUT2D eigenvalue weighted by atomic mass is 10.0. The Kier molecular flexibility index (Phi) is 5.18. The first-order valence-corrected chi connectivity index (χ1v) is 9.87. The molecule has 0 spiro atoms. The lowest BCUT2D eigenvalue weighted by molar-refractivity contribution is -0.115. The van der Waals surface area contributed by atoms with E-state index in [0.29, 0.717) is 11.5 Å². The molecule has 0 aliphatic carbocycles. The summed E-state index contributed by atoms with van der Waals surface area (Å²) in [5.74, 6) is 0.322. The molecule has 0 aliphatic heterocycles. The van der Waals surface area contributed by atoms with Crippen LogP contribution in [0.5, 0.6) is 0 Å². The van der Waals surface area contributed by atoms with Gasteiger partial charge in [0.25, 0.3) is 0 Å². The van der Waals surface area contributed by atoms with E-state index in [1.165, 1.54) is 6.33 Å². The topological polar surface area (TPSA) is 98.7 Å². The van der Waals surface area contributed by atoms with Crippen molar-refractivity contribution in [3.05, 3.63) is 66.0 Å². The Morgan fingerprint density at radius 2 is 1.93 bits per heavy atom. The first kappa shape index (κ1) is 19.6. The number of anilines is 2. The van der Waals surface area contributed by atoms with Crippen molar-refractivity contribution in [3.63, 3.8) is 0 Å². The first-order valence-electron chi connectivity index (χ1n) is 9.87. The van der Waals surface area contributed by atoms with Crippen LogP contribution in [0.3, 0.4) is 0 Å². The van der Waals surface area contributed by atoms with E-state index >= 15 is 0 Å². The van der Waals surface area contributed by atoms with E-state index in [1.54, 1.807) is 0 Å². The highest BCUT2D eigenvalue weighted by molar-refractivity contribution is 5.98. The average Bonchev–Trinajstić information content (AvgIpc) is 3.09. The second-order valence-corrected chi connectivity index (χ2v) is 7.64. The van der Waals surface area contributed by atoms with Gasteiger partial charge >= 0.3 is 0 Å². The predicted octanol–water partition coefficient (Wildman–Crippen LogP) is 4.15. The number of nitrogens with one attached hydrogen (secondary N) is 1. The highest BCUT2D eigenvalue weighted by atomic mass is 16.1. The molecule has 2 aromatic heterocycles. The van der Waals surface area contributed by atoms with E-state index < -0.39 is 0 Å². The molecule has 2 aromatic carbocycles. The Balaban J connectivity index is 1.65. The van der Waals surface area contributed by atoms with Crippen LogP contribution in [-0.2, 0) is 11.2 Å². The van der Waals surface area contributed by atoms with Gasteiger partial charge in [0, 0.05) is 17.3 Å². The number of carbonyl (C=O) groups is 1. The van der Waals surface area contributed by atoms with Crippen molar-refractivity contribution in [2.24, 2.45) is 0 Å². The van der Waals surface area contributed by atoms with Gasteiger partial charge in [0.15, 0.2) is 5.65 Å². The summed E-state index contributed by atoms with van der Waals surface area (Å²) < 4.78 is 1.85. The third-order valence-corrected chi connectivity index (χ3v) is 4.87. The zero-order chi connectivity index (χ0) is 21.3. The highest BCUT2D eigenvalue weighted by Crippen LogP contribution is 2.32. The predicted molar refractivity (Wildman–Crippen MR) is 119 cm³/mol. The molecule has 3 N–H and O–H groups in total. The van der Waals surface area contributed by atoms with E-state index in [0.717, 1.165) is 33.5 Å². The number of benzene rings is 2. The van der Waals surface area contributed by atoms with Crippen molar-refractivity contribution in [1.29, 1.82) is 0 Å². The number of nitrogens with two attached hydrogens (primary N) is 1. The minimum atomic E-state index is -0.0711. The van der Waals surface area contributed by atoms with Crippen LogP contribution in [0.1, 0.15) is 31.0 Å². The van der Waals surface area contributed by atoms with E-state index in [9.17, 15) is 4.79 Å². The summed E-state index contributed by atoms with van der Waals surface area (Å²) in [4.78, 5) is 21.0. The quantitative estimate of drug-likeness (QED) is 0.524. The Morgan fingerprint density at radius 3 is 2.70 bits per heavy atom. The molecule has 0 radical (unpaired) electrons. The molecular formula is C23H24N6O. The molecule has 7 heteroatoms. The van der Waals surface area contributed by atoms with Gasteiger partial charge in [-0.2, -0.15) is 5.10 Å². The zero-order valence-electron chi connectivity index (χ0n) is 17.3. The van der Waals surface area contributed by atoms with Gasteiger partial charge in [0.05, 0.1) is 11.8 Å². The molecule has 0 saturated carbocycles. The molecule has 0 atom stereocenters. The van der Waals surface area contributed by atoms with Crippen LogP contribution in [0, 0.1) is 6.92 Å². The lowest BCUT2D eigenvalue weighted by Crippen LogP contribution is -2.14. The number of hydrogen-bond donors (Lipinski definition) is 2. The zero-order valence-corrected chi connectivity index (χ0v) is 17.3. The van der Waals surface area contributed by atoms with E-state index in [-0.39, 0.29) is 18.4 Å². The van der Waals surface area contributed by atoms with Crippen molar-refractivity contribution in [1.82, 2.24) is 19.7 Å². The summed E-state index contributed by atoms with van der Waals surface area (Å²) in [6.07, 6.45) is 1.71. The minimum Gasteiger partial charge on any atom is -0.383 e. The fourth-order valence-corrected chi connectivity index (χ4v) is 3.50. The van der Waals surface area contributed by atoms with Gasteiger partial charge in [-0.05, 0) is 50.1 Å². The van der Waals surface area contributed by atoms with Crippen molar-refractivity contribution < 1.29 is 4.79 Å². The first-order chi connectivity index (χ1) is 14.4. The van der Waals surface area contributed by atoms with Crippen LogP contribution < -0.4 is 11.1 Å². The number of aryl methyl sites for hydroxylation is 1. The normalized spacial score (nSPS) is 11.2. The van der Waals surface area contributed by atoms with Crippen LogP contribution >= 0.6 is 0 Å². The third kappa shape index (κ3) is 3.87. The Bertz CT molecular complexity index is 1230. The second-order valence-electron chi connectivity index (χ2n) is 7.64. The van der Waals surface area contributed by atoms with E-state index in [2.05, 4.69) is 15.3 Å². The maximum atomic E-state index is 12.5. The summed E-state index contributed by atoms with van der Waals surface area (Å²) >= 11 is 0. The fourth-order valence-electron chi connectivity index (χ4n) is 3.50. The van der Waals surface area contributed by atoms with Gasteiger partial charge in [-0.25, -0.2) is 14.6 Å². The molecule has 1 amide bonds. The molecule has 152 valence electrons. The number of nitrogen functional groups attached to an aromatic ring is 1. The van der Waals surface area contributed by atoms with E-state index in [1.807, 2.05) is 74.0 Å². The number of amides is 1. The third-order valence-electron chi connectivity index (χ3n) is 4.87. The average molecular weight is 400 g/mol. The summed E-state index contributed by atoms with van der Waals surface area (Å²) in [7, 11) is 0. The van der Waals surface area contributed by atoms with Gasteiger partial charge in [0.1, 0.15) is 17.8 Å². The molecule has 4 aromatic rings. The summed E-state index contributed by atoms with van der Waals surface area (Å²) in [6, 6.07) is 15.7. The Morgan fingerprint density at radius 1 is 1.13 bits per heavy atom. The molecule has 0 unspecified atom stereocenters. The highest BCUT2D eigenvalue weighted by Gasteiger charge is 2.18. The Hall–Kier alpha value is -3.74. The molecular weight excluding hydrogens is 376 g/mol. The number of fused-ring (bicyclic) bond motifs is 1. The van der Waals surface area contributed by atoms with Crippen LogP contribution in [0.4, 0.5) is 11.5 Å². The standard InChI is InChI=1S/C23H24N6O/c1-14(2)29-23-20(22(24)25-13-26-23)21(28-29)17-8-5-7-16(11-17)12-19(30)27-18-9-4-6-15(3)10-18/h4-11,13-14H,12H2,1-3H3,(H,27,30)(H2,24,25,26). The Labute approximate surface area is 175 Å². The van der Waals surface area contributed by atoms with Gasteiger partial charge < -0.3 is 11.1 Å². The molecule has 0 aliphatic rings. The number of hydrogen-bond acceptors (Lipinski definition) is 5. The van der Waals surface area contributed by atoms with Crippen LogP contribution in [0.15, 0.2) is 54.9 Å². The molecule has 0 saturated heterocycles. The molecule has 4 rings (SSSR count). The lowest BCUT2D eigenvalue weighted by Gasteiger charge is -2.07. The maximum absolute atomic E-state index is 12.5. The second kappa shape index (κ2) is 7.94. The van der Waals surface area contributed by atoms with Crippen molar-refractivity contribution in [2.75, 3.05) is 11.1 Å². The number of carbonyl (C=O) groups excluding carboxylic acids is 1. The van der Waals surface area contributed by atoms with Crippen LogP contribution in [0.2, 0.25) is 0 Å². The summed E-state index contributed by atoms with van der Waals surface area (Å²) in [5.41, 5.74) is 11.2. The molecule has 2 heterocycles. The van der Waals surface area contributed by atoms with Crippen molar-refractivity contribution in [2.45, 2.75) is 33.2 Å². The maximum Gasteiger partial charge on any atom is 0.228 e. The molecule has 30 heavy (non-hydrogen) atoms. The number of nitrogens with zero attached hydrogens (tertiary/aromatic N) is 4. The van der Waals surface area contributed by atoms with Crippen LogP contribution in [-0.4, -0.2) is 25.7 Å². The summed E-state index contributed by atoms with van der Waals surface area (Å²) in [6.45, 7) is 6.08. The molecule has 7 nitrogen and oxygen atoms in total. The smallest absolute Gasteiger partial charge is 0.228 e.